The standard InChI is InChI=1S/C15H29N3O2/c1-10(2)18(5)8-7-16-14(19)17-12-11-6-9-20-13(11)15(12,3)4/h10-13H,6-9H2,1-5H3,(H2,16,17,19)/t11-,12-,13-/m1/s1. The lowest BCUT2D eigenvalue weighted by atomic mass is 9.57. The molecule has 1 aliphatic carbocycles. The van der Waals surface area contributed by atoms with Gasteiger partial charge in [0.15, 0.2) is 0 Å². The maximum atomic E-state index is 12.0. The highest BCUT2D eigenvalue weighted by Crippen LogP contribution is 2.51. The van der Waals surface area contributed by atoms with Gasteiger partial charge < -0.3 is 20.3 Å². The number of nitrogens with one attached hydrogen (secondary N) is 2. The molecule has 0 unspecified atom stereocenters. The van der Waals surface area contributed by atoms with E-state index in [9.17, 15) is 4.79 Å². The van der Waals surface area contributed by atoms with Crippen LogP contribution in [0.15, 0.2) is 0 Å². The van der Waals surface area contributed by atoms with E-state index in [4.69, 9.17) is 4.74 Å². The molecule has 1 heterocycles. The molecular weight excluding hydrogens is 254 g/mol. The van der Waals surface area contributed by atoms with Crippen LogP contribution in [0.1, 0.15) is 34.1 Å². The Bertz CT molecular complexity index is 357. The Morgan fingerprint density at radius 2 is 2.15 bits per heavy atom. The summed E-state index contributed by atoms with van der Waals surface area (Å²) in [6, 6.07) is 0.685. The molecule has 0 bridgehead atoms. The highest BCUT2D eigenvalue weighted by Gasteiger charge is 2.59. The molecule has 5 nitrogen and oxygen atoms in total. The predicted molar refractivity (Wildman–Crippen MR) is 79.7 cm³/mol. The lowest BCUT2D eigenvalue weighted by molar-refractivity contribution is -0.108. The predicted octanol–water partition coefficient (Wildman–Crippen LogP) is 1.44. The summed E-state index contributed by atoms with van der Waals surface area (Å²) < 4.78 is 5.74. The van der Waals surface area contributed by atoms with Crippen LogP contribution in [0, 0.1) is 11.3 Å². The van der Waals surface area contributed by atoms with Gasteiger partial charge in [-0.25, -0.2) is 4.79 Å². The average Bonchev–Trinajstić information content (AvgIpc) is 2.82. The fraction of sp³-hybridized carbons (Fsp3) is 0.933. The number of rotatable bonds is 5. The molecule has 0 aromatic rings. The number of carbonyl (C=O) groups is 1. The minimum absolute atomic E-state index is 0.0488. The summed E-state index contributed by atoms with van der Waals surface area (Å²) in [5, 5.41) is 6.09. The van der Waals surface area contributed by atoms with E-state index in [1.807, 2.05) is 0 Å². The third-order valence-corrected chi connectivity index (χ3v) is 5.02. The summed E-state index contributed by atoms with van der Waals surface area (Å²) in [7, 11) is 2.07. The number of urea groups is 1. The molecule has 5 heteroatoms. The third kappa shape index (κ3) is 2.93. The fourth-order valence-electron chi connectivity index (χ4n) is 3.41. The molecule has 1 aliphatic heterocycles. The molecule has 0 spiro atoms. The van der Waals surface area contributed by atoms with Crippen LogP contribution < -0.4 is 10.6 Å². The number of hydrogen-bond donors (Lipinski definition) is 2. The van der Waals surface area contributed by atoms with Gasteiger partial charge in [-0.05, 0) is 27.3 Å². The molecule has 116 valence electrons. The first-order chi connectivity index (χ1) is 9.34. The molecule has 2 fully saturated rings. The van der Waals surface area contributed by atoms with E-state index < -0.39 is 0 Å². The Labute approximate surface area is 122 Å². The Hall–Kier alpha value is -0.810. The second-order valence-corrected chi connectivity index (χ2v) is 7.02. The van der Waals surface area contributed by atoms with E-state index in [1.165, 1.54) is 0 Å². The van der Waals surface area contributed by atoms with Gasteiger partial charge in [0, 0.05) is 43.1 Å². The van der Waals surface area contributed by atoms with Crippen LogP contribution in [-0.2, 0) is 4.74 Å². The van der Waals surface area contributed by atoms with Crippen LogP contribution in [-0.4, -0.2) is 55.9 Å². The molecular formula is C15H29N3O2. The van der Waals surface area contributed by atoms with E-state index in [0.717, 1.165) is 19.6 Å². The summed E-state index contributed by atoms with van der Waals surface area (Å²) in [6.07, 6.45) is 1.38. The van der Waals surface area contributed by atoms with E-state index >= 15 is 0 Å². The van der Waals surface area contributed by atoms with Crippen molar-refractivity contribution in [3.63, 3.8) is 0 Å². The van der Waals surface area contributed by atoms with E-state index in [-0.39, 0.29) is 17.5 Å². The Kier molecular flexibility index (Phi) is 4.59. The largest absolute Gasteiger partial charge is 0.377 e. The first kappa shape index (κ1) is 15.6. The average molecular weight is 283 g/mol. The van der Waals surface area contributed by atoms with Gasteiger partial charge in [-0.3, -0.25) is 0 Å². The fourth-order valence-corrected chi connectivity index (χ4v) is 3.41. The van der Waals surface area contributed by atoms with Crippen molar-refractivity contribution >= 4 is 6.03 Å². The molecule has 2 aliphatic rings. The van der Waals surface area contributed by atoms with Crippen LogP contribution in [0.4, 0.5) is 4.79 Å². The molecule has 3 atom stereocenters. The number of ether oxygens (including phenoxy) is 1. The normalized spacial score (nSPS) is 31.1. The van der Waals surface area contributed by atoms with Crippen LogP contribution in [0.5, 0.6) is 0 Å². The van der Waals surface area contributed by atoms with Gasteiger partial charge in [-0.15, -0.1) is 0 Å². The highest BCUT2D eigenvalue weighted by molar-refractivity contribution is 5.74. The summed E-state index contributed by atoms with van der Waals surface area (Å²) in [5.41, 5.74) is 0.0488. The van der Waals surface area contributed by atoms with Gasteiger partial charge in [-0.1, -0.05) is 13.8 Å². The smallest absolute Gasteiger partial charge is 0.315 e. The van der Waals surface area contributed by atoms with Gasteiger partial charge >= 0.3 is 6.03 Å². The van der Waals surface area contributed by atoms with Gasteiger partial charge in [0.05, 0.1) is 6.10 Å². The van der Waals surface area contributed by atoms with Crippen LogP contribution in [0.2, 0.25) is 0 Å². The summed E-state index contributed by atoms with van der Waals surface area (Å²) in [6.45, 7) is 11.0. The first-order valence-corrected chi connectivity index (χ1v) is 7.70. The Balaban J connectivity index is 1.72. The first-order valence-electron chi connectivity index (χ1n) is 7.70. The van der Waals surface area contributed by atoms with Crippen LogP contribution in [0.25, 0.3) is 0 Å². The lowest BCUT2D eigenvalue weighted by Gasteiger charge is -2.54. The van der Waals surface area contributed by atoms with Crippen molar-refractivity contribution in [3.05, 3.63) is 0 Å². The number of amides is 2. The molecule has 0 aromatic carbocycles. The molecule has 1 saturated heterocycles. The minimum atomic E-state index is -0.0504. The number of hydrogen-bond acceptors (Lipinski definition) is 3. The summed E-state index contributed by atoms with van der Waals surface area (Å²) >= 11 is 0. The van der Waals surface area contributed by atoms with E-state index in [2.05, 4.69) is 50.3 Å². The zero-order valence-corrected chi connectivity index (χ0v) is 13.4. The zero-order chi connectivity index (χ0) is 14.9. The number of carbonyl (C=O) groups excluding carboxylic acids is 1. The van der Waals surface area contributed by atoms with Crippen molar-refractivity contribution in [1.29, 1.82) is 0 Å². The zero-order valence-electron chi connectivity index (χ0n) is 13.4. The lowest BCUT2D eigenvalue weighted by Crippen LogP contribution is -2.67. The SMILES string of the molecule is CC(C)N(C)CCNC(=O)N[C@@H]1[C@H]2CCO[C@H]2C1(C)C. The Morgan fingerprint density at radius 1 is 1.45 bits per heavy atom. The maximum absolute atomic E-state index is 12.0. The van der Waals surface area contributed by atoms with Gasteiger partial charge in [0.1, 0.15) is 0 Å². The van der Waals surface area contributed by atoms with Crippen molar-refractivity contribution in [2.75, 3.05) is 26.7 Å². The van der Waals surface area contributed by atoms with E-state index in [0.29, 0.717) is 24.6 Å². The molecule has 0 aromatic heterocycles. The maximum Gasteiger partial charge on any atom is 0.315 e. The molecule has 2 rings (SSSR count). The third-order valence-electron chi connectivity index (χ3n) is 5.02. The second-order valence-electron chi connectivity index (χ2n) is 7.02. The molecule has 0 radical (unpaired) electrons. The summed E-state index contributed by atoms with van der Waals surface area (Å²) in [5.74, 6) is 0.495. The quantitative estimate of drug-likeness (QED) is 0.803. The molecule has 2 amide bonds. The minimum Gasteiger partial charge on any atom is -0.377 e. The van der Waals surface area contributed by atoms with Gasteiger partial charge in [0.2, 0.25) is 0 Å². The van der Waals surface area contributed by atoms with Crippen molar-refractivity contribution in [2.24, 2.45) is 11.3 Å². The van der Waals surface area contributed by atoms with Gasteiger partial charge in [-0.2, -0.15) is 0 Å². The Morgan fingerprint density at radius 3 is 2.80 bits per heavy atom. The number of likely N-dealkylation sites (N-methyl/N-ethyl adjacent to an activating group) is 1. The van der Waals surface area contributed by atoms with Crippen LogP contribution in [0.3, 0.4) is 0 Å². The topological polar surface area (TPSA) is 53.6 Å². The second kappa shape index (κ2) is 5.90. The number of nitrogens with zero attached hydrogens (tertiary/aromatic N) is 1. The van der Waals surface area contributed by atoms with Crippen LogP contribution >= 0.6 is 0 Å². The monoisotopic (exact) mass is 283 g/mol. The van der Waals surface area contributed by atoms with Crippen molar-refractivity contribution in [3.8, 4) is 0 Å². The van der Waals surface area contributed by atoms with Crippen molar-refractivity contribution in [1.82, 2.24) is 15.5 Å². The molecule has 1 saturated carbocycles. The number of fused-ring (bicyclic) bond motifs is 1. The molecule has 20 heavy (non-hydrogen) atoms. The van der Waals surface area contributed by atoms with Crippen molar-refractivity contribution < 1.29 is 9.53 Å². The van der Waals surface area contributed by atoms with E-state index in [1.54, 1.807) is 0 Å². The summed E-state index contributed by atoms with van der Waals surface area (Å²) in [4.78, 5) is 14.2. The highest BCUT2D eigenvalue weighted by atomic mass is 16.5. The van der Waals surface area contributed by atoms with Crippen molar-refractivity contribution in [2.45, 2.75) is 52.3 Å². The molecule has 2 N–H and O–H groups in total. The van der Waals surface area contributed by atoms with Gasteiger partial charge in [0.25, 0.3) is 0 Å².